The van der Waals surface area contributed by atoms with Crippen LogP contribution in [0, 0.1) is 20.8 Å². The van der Waals surface area contributed by atoms with Gasteiger partial charge in [0.1, 0.15) is 5.82 Å². The van der Waals surface area contributed by atoms with Crippen molar-refractivity contribution in [2.24, 2.45) is 0 Å². The minimum Gasteiger partial charge on any atom is -0.379 e. The van der Waals surface area contributed by atoms with E-state index in [1.54, 1.807) is 0 Å². The highest BCUT2D eigenvalue weighted by molar-refractivity contribution is 5.53. The summed E-state index contributed by atoms with van der Waals surface area (Å²) in [5.41, 5.74) is 4.83. The second kappa shape index (κ2) is 4.39. The Bertz CT molecular complexity index is 486. The third-order valence-electron chi connectivity index (χ3n) is 2.82. The van der Waals surface area contributed by atoms with Gasteiger partial charge in [-0.3, -0.25) is 0 Å². The van der Waals surface area contributed by atoms with Gasteiger partial charge in [0, 0.05) is 11.9 Å². The maximum Gasteiger partial charge on any atom is 0.103 e. The molecule has 3 heteroatoms. The summed E-state index contributed by atoms with van der Waals surface area (Å²) in [7, 11) is 0. The van der Waals surface area contributed by atoms with Crippen LogP contribution < -0.4 is 5.32 Å². The SMILES string of the molecule is Cc1nc(CNc2cccc(C)c2C)c[nH]1. The van der Waals surface area contributed by atoms with Crippen LogP contribution in [0.4, 0.5) is 5.69 Å². The Balaban J connectivity index is 2.07. The van der Waals surface area contributed by atoms with Gasteiger partial charge in [-0.1, -0.05) is 12.1 Å². The molecule has 1 heterocycles. The third-order valence-corrected chi connectivity index (χ3v) is 2.82. The molecule has 2 aromatic rings. The normalized spacial score (nSPS) is 10.4. The maximum absolute atomic E-state index is 4.36. The first-order chi connectivity index (χ1) is 7.66. The van der Waals surface area contributed by atoms with E-state index in [4.69, 9.17) is 0 Å². The van der Waals surface area contributed by atoms with E-state index in [-0.39, 0.29) is 0 Å². The second-order valence-electron chi connectivity index (χ2n) is 4.08. The monoisotopic (exact) mass is 215 g/mol. The van der Waals surface area contributed by atoms with Crippen LogP contribution in [0.15, 0.2) is 24.4 Å². The molecule has 0 radical (unpaired) electrons. The van der Waals surface area contributed by atoms with Crippen LogP contribution in [0.2, 0.25) is 0 Å². The summed E-state index contributed by atoms with van der Waals surface area (Å²) < 4.78 is 0. The first-order valence-electron chi connectivity index (χ1n) is 5.48. The minimum absolute atomic E-state index is 0.759. The molecule has 0 spiro atoms. The number of hydrogen-bond acceptors (Lipinski definition) is 2. The lowest BCUT2D eigenvalue weighted by molar-refractivity contribution is 1.04. The van der Waals surface area contributed by atoms with Gasteiger partial charge >= 0.3 is 0 Å². The summed E-state index contributed by atoms with van der Waals surface area (Å²) in [6.45, 7) is 6.97. The summed E-state index contributed by atoms with van der Waals surface area (Å²) in [5, 5.41) is 3.40. The van der Waals surface area contributed by atoms with E-state index in [1.807, 2.05) is 13.1 Å². The molecule has 2 rings (SSSR count). The number of benzene rings is 1. The predicted molar refractivity (Wildman–Crippen MR) is 66.6 cm³/mol. The van der Waals surface area contributed by atoms with Gasteiger partial charge in [-0.2, -0.15) is 0 Å². The van der Waals surface area contributed by atoms with Gasteiger partial charge in [0.2, 0.25) is 0 Å². The van der Waals surface area contributed by atoms with Crippen molar-refractivity contribution in [3.8, 4) is 0 Å². The quantitative estimate of drug-likeness (QED) is 0.826. The van der Waals surface area contributed by atoms with Crippen LogP contribution in [-0.2, 0) is 6.54 Å². The first-order valence-corrected chi connectivity index (χ1v) is 5.48. The van der Waals surface area contributed by atoms with E-state index in [2.05, 4.69) is 47.3 Å². The van der Waals surface area contributed by atoms with Gasteiger partial charge < -0.3 is 10.3 Å². The summed E-state index contributed by atoms with van der Waals surface area (Å²) >= 11 is 0. The van der Waals surface area contributed by atoms with Crippen LogP contribution in [0.25, 0.3) is 0 Å². The Kier molecular flexibility index (Phi) is 2.95. The molecular weight excluding hydrogens is 198 g/mol. The molecule has 0 atom stereocenters. The Labute approximate surface area is 95.9 Å². The maximum atomic E-state index is 4.36. The fourth-order valence-electron chi connectivity index (χ4n) is 1.69. The highest BCUT2D eigenvalue weighted by atomic mass is 15.0. The van der Waals surface area contributed by atoms with E-state index in [0.29, 0.717) is 0 Å². The molecule has 84 valence electrons. The molecule has 0 bridgehead atoms. The number of imidazole rings is 1. The molecule has 1 aromatic carbocycles. The van der Waals surface area contributed by atoms with Gasteiger partial charge in [-0.15, -0.1) is 0 Å². The van der Waals surface area contributed by atoms with Crippen LogP contribution in [-0.4, -0.2) is 9.97 Å². The number of aromatic nitrogens is 2. The van der Waals surface area contributed by atoms with E-state index in [0.717, 1.165) is 18.1 Å². The fraction of sp³-hybridized carbons (Fsp3) is 0.308. The third kappa shape index (κ3) is 2.24. The van der Waals surface area contributed by atoms with E-state index in [1.165, 1.54) is 16.8 Å². The topological polar surface area (TPSA) is 40.7 Å². The highest BCUT2D eigenvalue weighted by Gasteiger charge is 2.01. The minimum atomic E-state index is 0.759. The highest BCUT2D eigenvalue weighted by Crippen LogP contribution is 2.18. The lowest BCUT2D eigenvalue weighted by Gasteiger charge is -2.09. The molecule has 0 aliphatic heterocycles. The van der Waals surface area contributed by atoms with Crippen molar-refractivity contribution in [3.63, 3.8) is 0 Å². The number of hydrogen-bond donors (Lipinski definition) is 2. The molecule has 0 aliphatic carbocycles. The Morgan fingerprint density at radius 1 is 1.25 bits per heavy atom. The first kappa shape index (κ1) is 10.7. The molecule has 3 nitrogen and oxygen atoms in total. The Hall–Kier alpha value is -1.77. The molecule has 0 amide bonds. The summed E-state index contributed by atoms with van der Waals surface area (Å²) in [5.74, 6) is 0.956. The average Bonchev–Trinajstić information content (AvgIpc) is 2.67. The smallest absolute Gasteiger partial charge is 0.103 e. The number of aryl methyl sites for hydroxylation is 2. The molecule has 0 saturated heterocycles. The number of rotatable bonds is 3. The molecule has 16 heavy (non-hydrogen) atoms. The van der Waals surface area contributed by atoms with Crippen LogP contribution in [0.3, 0.4) is 0 Å². The van der Waals surface area contributed by atoms with E-state index in [9.17, 15) is 0 Å². The molecule has 0 fully saturated rings. The van der Waals surface area contributed by atoms with Crippen molar-refractivity contribution in [1.82, 2.24) is 9.97 Å². The summed E-state index contributed by atoms with van der Waals surface area (Å²) in [4.78, 5) is 7.44. The van der Waals surface area contributed by atoms with E-state index < -0.39 is 0 Å². The summed E-state index contributed by atoms with van der Waals surface area (Å²) in [6.07, 6.45) is 1.94. The number of aromatic amines is 1. The van der Waals surface area contributed by atoms with Gasteiger partial charge in [0.05, 0.1) is 12.2 Å². The van der Waals surface area contributed by atoms with Gasteiger partial charge in [0.15, 0.2) is 0 Å². The summed E-state index contributed by atoms with van der Waals surface area (Å²) in [6, 6.07) is 6.29. The van der Waals surface area contributed by atoms with Crippen molar-refractivity contribution in [2.45, 2.75) is 27.3 Å². The number of H-pyrrole nitrogens is 1. The van der Waals surface area contributed by atoms with Crippen molar-refractivity contribution in [2.75, 3.05) is 5.32 Å². The van der Waals surface area contributed by atoms with Crippen molar-refractivity contribution < 1.29 is 0 Å². The molecular formula is C13H17N3. The number of anilines is 1. The average molecular weight is 215 g/mol. The van der Waals surface area contributed by atoms with Crippen molar-refractivity contribution in [1.29, 1.82) is 0 Å². The zero-order chi connectivity index (χ0) is 11.5. The molecule has 1 aromatic heterocycles. The van der Waals surface area contributed by atoms with Crippen LogP contribution in [0.1, 0.15) is 22.6 Å². The van der Waals surface area contributed by atoms with Crippen LogP contribution in [0.5, 0.6) is 0 Å². The van der Waals surface area contributed by atoms with Crippen molar-refractivity contribution >= 4 is 5.69 Å². The van der Waals surface area contributed by atoms with Gasteiger partial charge in [-0.05, 0) is 38.0 Å². The fourth-order valence-corrected chi connectivity index (χ4v) is 1.69. The second-order valence-corrected chi connectivity index (χ2v) is 4.08. The molecule has 0 unspecified atom stereocenters. The molecule has 2 N–H and O–H groups in total. The van der Waals surface area contributed by atoms with Gasteiger partial charge in [-0.25, -0.2) is 4.98 Å². The van der Waals surface area contributed by atoms with Crippen molar-refractivity contribution in [3.05, 3.63) is 47.0 Å². The molecule has 0 saturated carbocycles. The number of nitrogens with zero attached hydrogens (tertiary/aromatic N) is 1. The zero-order valence-electron chi connectivity index (χ0n) is 9.96. The largest absolute Gasteiger partial charge is 0.379 e. The lowest BCUT2D eigenvalue weighted by atomic mass is 10.1. The lowest BCUT2D eigenvalue weighted by Crippen LogP contribution is -2.02. The molecule has 0 aliphatic rings. The zero-order valence-corrected chi connectivity index (χ0v) is 9.96. The number of nitrogens with one attached hydrogen (secondary N) is 2. The Morgan fingerprint density at radius 2 is 2.06 bits per heavy atom. The predicted octanol–water partition coefficient (Wildman–Crippen LogP) is 2.95. The standard InChI is InChI=1S/C13H17N3/c1-9-5-4-6-13(10(9)2)15-8-12-7-14-11(3)16-12/h4-7,15H,8H2,1-3H3,(H,14,16). The van der Waals surface area contributed by atoms with Gasteiger partial charge in [0.25, 0.3) is 0 Å². The van der Waals surface area contributed by atoms with E-state index >= 15 is 0 Å². The Morgan fingerprint density at radius 3 is 2.75 bits per heavy atom. The van der Waals surface area contributed by atoms with Crippen LogP contribution >= 0.6 is 0 Å².